The largest absolute Gasteiger partial charge is 0.0816 e. The fourth-order valence-electron chi connectivity index (χ4n) is 0.989. The average Bonchev–Trinajstić information content (AvgIpc) is 2.00. The maximum absolute atomic E-state index is 2.32. The molecule has 0 atom stereocenters. The molecule has 0 aliphatic rings. The van der Waals surface area contributed by atoms with Crippen LogP contribution in [0.5, 0.6) is 0 Å². The number of hydrogen-bond acceptors (Lipinski definition) is 0. The van der Waals surface area contributed by atoms with E-state index in [2.05, 4.69) is 39.8 Å². The van der Waals surface area contributed by atoms with Crippen LogP contribution in [0.2, 0.25) is 0 Å². The van der Waals surface area contributed by atoms with Gasteiger partial charge in [0, 0.05) is 0 Å². The molecular weight excluding hydrogens is 132 g/mol. The van der Waals surface area contributed by atoms with Crippen molar-refractivity contribution >= 4 is 0 Å². The van der Waals surface area contributed by atoms with Crippen molar-refractivity contribution in [3.63, 3.8) is 0 Å². The van der Waals surface area contributed by atoms with Crippen LogP contribution in [0.3, 0.4) is 0 Å². The maximum atomic E-state index is 2.32. The zero-order chi connectivity index (χ0) is 8.69. The van der Waals surface area contributed by atoms with Crippen LogP contribution in [0.4, 0.5) is 0 Å². The Morgan fingerprint density at radius 3 is 2.00 bits per heavy atom. The van der Waals surface area contributed by atoms with E-state index in [0.29, 0.717) is 0 Å². The van der Waals surface area contributed by atoms with E-state index < -0.39 is 0 Å². The number of hydrogen-bond donors (Lipinski definition) is 0. The maximum Gasteiger partial charge on any atom is -0.0348 e. The van der Waals surface area contributed by atoms with Gasteiger partial charge in [-0.2, -0.15) is 0 Å². The molecule has 0 aromatic carbocycles. The summed E-state index contributed by atoms with van der Waals surface area (Å²) in [7, 11) is 0. The van der Waals surface area contributed by atoms with Gasteiger partial charge in [0.1, 0.15) is 0 Å². The summed E-state index contributed by atoms with van der Waals surface area (Å²) in [4.78, 5) is 0. The molecule has 0 heteroatoms. The summed E-state index contributed by atoms with van der Waals surface area (Å²) in [6, 6.07) is 0. The number of rotatable bonds is 4. The molecule has 0 fully saturated rings. The van der Waals surface area contributed by atoms with Gasteiger partial charge in [-0.15, -0.1) is 0 Å². The molecule has 0 N–H and O–H groups in total. The summed E-state index contributed by atoms with van der Waals surface area (Å²) in [6.45, 7) is 8.77. The van der Waals surface area contributed by atoms with Crippen molar-refractivity contribution in [1.82, 2.24) is 0 Å². The highest BCUT2D eigenvalue weighted by atomic mass is 14.0. The summed E-state index contributed by atoms with van der Waals surface area (Å²) in [6.07, 6.45) is 8.20. The Morgan fingerprint density at radius 2 is 1.55 bits per heavy atom. The van der Waals surface area contributed by atoms with Gasteiger partial charge in [-0.05, 0) is 26.7 Å². The van der Waals surface area contributed by atoms with E-state index in [1.807, 2.05) is 0 Å². The van der Waals surface area contributed by atoms with Gasteiger partial charge in [-0.3, -0.25) is 0 Å². The summed E-state index contributed by atoms with van der Waals surface area (Å²) in [5, 5.41) is 0. The van der Waals surface area contributed by atoms with Crippen molar-refractivity contribution in [3.8, 4) is 0 Å². The lowest BCUT2D eigenvalue weighted by molar-refractivity contribution is 0.948. The molecule has 0 saturated heterocycles. The Balaban J connectivity index is 4.00. The van der Waals surface area contributed by atoms with Gasteiger partial charge in [0.05, 0.1) is 0 Å². The van der Waals surface area contributed by atoms with Gasteiger partial charge < -0.3 is 0 Å². The predicted molar refractivity (Wildman–Crippen MR) is 52.7 cm³/mol. The Hall–Kier alpha value is -0.520. The SMILES string of the molecule is CCC=C(C)C(C)=CCCC. The van der Waals surface area contributed by atoms with Crippen LogP contribution in [-0.4, -0.2) is 0 Å². The molecule has 11 heavy (non-hydrogen) atoms. The zero-order valence-electron chi connectivity index (χ0n) is 8.28. The summed E-state index contributed by atoms with van der Waals surface area (Å²) in [5.41, 5.74) is 2.87. The normalized spacial score (nSPS) is 13.8. The molecule has 0 nitrogen and oxygen atoms in total. The first-order chi connectivity index (χ1) is 5.22. The van der Waals surface area contributed by atoms with E-state index in [1.54, 1.807) is 0 Å². The van der Waals surface area contributed by atoms with Gasteiger partial charge >= 0.3 is 0 Å². The van der Waals surface area contributed by atoms with Crippen LogP contribution in [-0.2, 0) is 0 Å². The molecular formula is C11H20. The minimum atomic E-state index is 1.14. The Kier molecular flexibility index (Phi) is 5.91. The topological polar surface area (TPSA) is 0 Å². The fraction of sp³-hybridized carbons (Fsp3) is 0.636. The van der Waals surface area contributed by atoms with Crippen LogP contribution < -0.4 is 0 Å². The highest BCUT2D eigenvalue weighted by molar-refractivity contribution is 5.26. The lowest BCUT2D eigenvalue weighted by Gasteiger charge is -1.99. The lowest BCUT2D eigenvalue weighted by atomic mass is 10.1. The van der Waals surface area contributed by atoms with Crippen LogP contribution in [0.25, 0.3) is 0 Å². The predicted octanol–water partition coefficient (Wildman–Crippen LogP) is 4.09. The van der Waals surface area contributed by atoms with Gasteiger partial charge in [0.15, 0.2) is 0 Å². The third-order valence-electron chi connectivity index (χ3n) is 1.87. The van der Waals surface area contributed by atoms with Crippen LogP contribution in [0, 0.1) is 0 Å². The lowest BCUT2D eigenvalue weighted by Crippen LogP contribution is -1.79. The first-order valence-electron chi connectivity index (χ1n) is 4.56. The van der Waals surface area contributed by atoms with Crippen molar-refractivity contribution in [2.75, 3.05) is 0 Å². The van der Waals surface area contributed by atoms with E-state index in [1.165, 1.54) is 24.0 Å². The second-order valence-corrected chi connectivity index (χ2v) is 2.97. The van der Waals surface area contributed by atoms with E-state index in [0.717, 1.165) is 6.42 Å². The molecule has 0 spiro atoms. The molecule has 0 aromatic heterocycles. The molecule has 0 aromatic rings. The van der Waals surface area contributed by atoms with Crippen molar-refractivity contribution in [2.45, 2.75) is 47.0 Å². The third kappa shape index (κ3) is 4.83. The zero-order valence-corrected chi connectivity index (χ0v) is 8.28. The monoisotopic (exact) mass is 152 g/mol. The average molecular weight is 152 g/mol. The van der Waals surface area contributed by atoms with Crippen molar-refractivity contribution < 1.29 is 0 Å². The molecule has 0 saturated carbocycles. The minimum absolute atomic E-state index is 1.14. The summed E-state index contributed by atoms with van der Waals surface area (Å²) in [5.74, 6) is 0. The molecule has 0 unspecified atom stereocenters. The molecule has 0 aliphatic heterocycles. The summed E-state index contributed by atoms with van der Waals surface area (Å²) >= 11 is 0. The Morgan fingerprint density at radius 1 is 1.00 bits per heavy atom. The van der Waals surface area contributed by atoms with E-state index in [-0.39, 0.29) is 0 Å². The third-order valence-corrected chi connectivity index (χ3v) is 1.87. The van der Waals surface area contributed by atoms with Gasteiger partial charge in [0.25, 0.3) is 0 Å². The first-order valence-corrected chi connectivity index (χ1v) is 4.56. The smallest absolute Gasteiger partial charge is 0.0348 e. The van der Waals surface area contributed by atoms with Crippen molar-refractivity contribution in [1.29, 1.82) is 0 Å². The standard InChI is InChI=1S/C11H20/c1-5-7-9-11(4)10(3)8-6-2/h8-9H,5-7H2,1-4H3. The van der Waals surface area contributed by atoms with Crippen molar-refractivity contribution in [2.24, 2.45) is 0 Å². The van der Waals surface area contributed by atoms with E-state index in [9.17, 15) is 0 Å². The second-order valence-electron chi connectivity index (χ2n) is 2.97. The fourth-order valence-corrected chi connectivity index (χ4v) is 0.989. The molecule has 0 heterocycles. The van der Waals surface area contributed by atoms with Crippen molar-refractivity contribution in [3.05, 3.63) is 23.3 Å². The molecule has 0 rings (SSSR count). The second kappa shape index (κ2) is 6.21. The number of allylic oxidation sites excluding steroid dienone is 4. The molecule has 0 aliphatic carbocycles. The minimum Gasteiger partial charge on any atom is -0.0816 e. The quantitative estimate of drug-likeness (QED) is 0.532. The Labute approximate surface area is 71.0 Å². The van der Waals surface area contributed by atoms with Gasteiger partial charge in [0.2, 0.25) is 0 Å². The summed E-state index contributed by atoms with van der Waals surface area (Å²) < 4.78 is 0. The highest BCUT2D eigenvalue weighted by Crippen LogP contribution is 2.10. The molecule has 0 bridgehead atoms. The molecule has 64 valence electrons. The Bertz CT molecular complexity index is 149. The molecule has 0 radical (unpaired) electrons. The van der Waals surface area contributed by atoms with Gasteiger partial charge in [-0.1, -0.05) is 43.6 Å². The highest BCUT2D eigenvalue weighted by Gasteiger charge is 1.89. The molecule has 0 amide bonds. The first kappa shape index (κ1) is 10.5. The number of unbranched alkanes of at least 4 members (excludes halogenated alkanes) is 1. The van der Waals surface area contributed by atoms with Crippen LogP contribution in [0.15, 0.2) is 23.3 Å². The van der Waals surface area contributed by atoms with Crippen LogP contribution in [0.1, 0.15) is 47.0 Å². The van der Waals surface area contributed by atoms with Gasteiger partial charge in [-0.25, -0.2) is 0 Å². The van der Waals surface area contributed by atoms with E-state index in [4.69, 9.17) is 0 Å². The van der Waals surface area contributed by atoms with E-state index >= 15 is 0 Å². The van der Waals surface area contributed by atoms with Crippen LogP contribution >= 0.6 is 0 Å².